The summed E-state index contributed by atoms with van der Waals surface area (Å²) >= 11 is 6.03. The average Bonchev–Trinajstić information content (AvgIpc) is 2.27. The molecule has 0 aliphatic heterocycles. The predicted octanol–water partition coefficient (Wildman–Crippen LogP) is 4.54. The van der Waals surface area contributed by atoms with Gasteiger partial charge in [0.15, 0.2) is 0 Å². The minimum absolute atomic E-state index is 0.548. The molecular formula is C15H15ClO. The normalized spacial score (nSPS) is 10.3. The molecule has 1 nitrogen and oxygen atoms in total. The molecule has 0 radical (unpaired) electrons. The van der Waals surface area contributed by atoms with Gasteiger partial charge in [-0.15, -0.1) is 0 Å². The van der Waals surface area contributed by atoms with Crippen LogP contribution in [0.25, 0.3) is 0 Å². The van der Waals surface area contributed by atoms with Gasteiger partial charge in [-0.05, 0) is 31.5 Å². The minimum atomic E-state index is 0.548. The second-order valence-corrected chi connectivity index (χ2v) is 4.62. The number of ether oxygens (including phenoxy) is 1. The van der Waals surface area contributed by atoms with Crippen LogP contribution in [0.4, 0.5) is 0 Å². The van der Waals surface area contributed by atoms with Crippen LogP contribution >= 0.6 is 11.6 Å². The van der Waals surface area contributed by atoms with Crippen LogP contribution in [0, 0.1) is 13.8 Å². The standard InChI is InChI=1S/C15H15ClO/c1-11-7-12(2)9-13(8-11)10-17-15-6-4-3-5-14(15)16/h3-9H,10H2,1-2H3. The first-order valence-electron chi connectivity index (χ1n) is 5.59. The third-order valence-electron chi connectivity index (χ3n) is 2.51. The zero-order valence-electron chi connectivity index (χ0n) is 10.0. The number of halogens is 1. The fourth-order valence-corrected chi connectivity index (χ4v) is 2.07. The zero-order valence-corrected chi connectivity index (χ0v) is 10.8. The van der Waals surface area contributed by atoms with Crippen molar-refractivity contribution in [1.29, 1.82) is 0 Å². The van der Waals surface area contributed by atoms with E-state index in [0.29, 0.717) is 11.6 Å². The van der Waals surface area contributed by atoms with Gasteiger partial charge in [0.25, 0.3) is 0 Å². The van der Waals surface area contributed by atoms with E-state index in [1.165, 1.54) is 16.7 Å². The van der Waals surface area contributed by atoms with Crippen molar-refractivity contribution < 1.29 is 4.74 Å². The molecule has 0 saturated heterocycles. The number of para-hydroxylation sites is 1. The molecule has 0 fully saturated rings. The van der Waals surface area contributed by atoms with E-state index in [9.17, 15) is 0 Å². The van der Waals surface area contributed by atoms with Gasteiger partial charge in [0, 0.05) is 0 Å². The molecule has 0 bridgehead atoms. The molecule has 0 atom stereocenters. The summed E-state index contributed by atoms with van der Waals surface area (Å²) in [5, 5.41) is 0.650. The van der Waals surface area contributed by atoms with Crippen molar-refractivity contribution in [2.45, 2.75) is 20.5 Å². The first-order valence-corrected chi connectivity index (χ1v) is 5.97. The number of hydrogen-bond acceptors (Lipinski definition) is 1. The maximum atomic E-state index is 6.03. The molecule has 0 heterocycles. The Morgan fingerprint density at radius 3 is 2.29 bits per heavy atom. The maximum Gasteiger partial charge on any atom is 0.138 e. The van der Waals surface area contributed by atoms with Gasteiger partial charge in [0.1, 0.15) is 12.4 Å². The van der Waals surface area contributed by atoms with Crippen molar-refractivity contribution in [1.82, 2.24) is 0 Å². The number of rotatable bonds is 3. The summed E-state index contributed by atoms with van der Waals surface area (Å²) in [6, 6.07) is 13.9. The summed E-state index contributed by atoms with van der Waals surface area (Å²) in [5.74, 6) is 0.730. The predicted molar refractivity (Wildman–Crippen MR) is 71.7 cm³/mol. The Morgan fingerprint density at radius 2 is 1.65 bits per heavy atom. The molecule has 2 aromatic carbocycles. The van der Waals surface area contributed by atoms with Crippen LogP contribution in [0.2, 0.25) is 5.02 Å². The van der Waals surface area contributed by atoms with Crippen LogP contribution in [0.1, 0.15) is 16.7 Å². The van der Waals surface area contributed by atoms with Crippen LogP contribution in [0.15, 0.2) is 42.5 Å². The van der Waals surface area contributed by atoms with Gasteiger partial charge in [-0.2, -0.15) is 0 Å². The fourth-order valence-electron chi connectivity index (χ4n) is 1.88. The summed E-state index contributed by atoms with van der Waals surface area (Å²) in [6.45, 7) is 4.73. The van der Waals surface area contributed by atoms with Gasteiger partial charge in [0.2, 0.25) is 0 Å². The molecule has 2 heteroatoms. The summed E-state index contributed by atoms with van der Waals surface area (Å²) < 4.78 is 5.70. The van der Waals surface area contributed by atoms with Gasteiger partial charge >= 0.3 is 0 Å². The van der Waals surface area contributed by atoms with E-state index < -0.39 is 0 Å². The molecule has 0 N–H and O–H groups in total. The van der Waals surface area contributed by atoms with Crippen molar-refractivity contribution in [3.8, 4) is 5.75 Å². The smallest absolute Gasteiger partial charge is 0.138 e. The van der Waals surface area contributed by atoms with Crippen LogP contribution in [0.5, 0.6) is 5.75 Å². The van der Waals surface area contributed by atoms with E-state index in [4.69, 9.17) is 16.3 Å². The van der Waals surface area contributed by atoms with Gasteiger partial charge in [0.05, 0.1) is 5.02 Å². The van der Waals surface area contributed by atoms with Gasteiger partial charge in [-0.1, -0.05) is 53.1 Å². The lowest BCUT2D eigenvalue weighted by Gasteiger charge is -2.09. The monoisotopic (exact) mass is 246 g/mol. The Morgan fingerprint density at radius 1 is 1.00 bits per heavy atom. The van der Waals surface area contributed by atoms with E-state index in [1.54, 1.807) is 0 Å². The summed E-state index contributed by atoms with van der Waals surface area (Å²) in [5.41, 5.74) is 3.67. The molecule has 0 unspecified atom stereocenters. The Hall–Kier alpha value is -1.47. The van der Waals surface area contributed by atoms with E-state index in [1.807, 2.05) is 24.3 Å². The highest BCUT2D eigenvalue weighted by Gasteiger charge is 2.01. The Kier molecular flexibility index (Phi) is 3.70. The topological polar surface area (TPSA) is 9.23 Å². The molecule has 0 aliphatic carbocycles. The third-order valence-corrected chi connectivity index (χ3v) is 2.82. The van der Waals surface area contributed by atoms with E-state index >= 15 is 0 Å². The van der Waals surface area contributed by atoms with Gasteiger partial charge in [-0.3, -0.25) is 0 Å². The lowest BCUT2D eigenvalue weighted by molar-refractivity contribution is 0.306. The molecule has 0 aliphatic rings. The van der Waals surface area contributed by atoms with Crippen molar-refractivity contribution in [3.05, 3.63) is 64.2 Å². The van der Waals surface area contributed by atoms with Crippen LogP contribution in [-0.2, 0) is 6.61 Å². The molecule has 88 valence electrons. The highest BCUT2D eigenvalue weighted by molar-refractivity contribution is 6.32. The van der Waals surface area contributed by atoms with Crippen LogP contribution in [0.3, 0.4) is 0 Å². The number of benzene rings is 2. The number of hydrogen-bond donors (Lipinski definition) is 0. The lowest BCUT2D eigenvalue weighted by Crippen LogP contribution is -1.97. The van der Waals surface area contributed by atoms with Crippen LogP contribution in [-0.4, -0.2) is 0 Å². The Labute approximate surface area is 107 Å². The quantitative estimate of drug-likeness (QED) is 0.773. The third kappa shape index (κ3) is 3.24. The molecule has 0 spiro atoms. The van der Waals surface area contributed by atoms with Gasteiger partial charge in [-0.25, -0.2) is 0 Å². The van der Waals surface area contributed by atoms with Crippen molar-refractivity contribution >= 4 is 11.6 Å². The first-order chi connectivity index (χ1) is 8.15. The van der Waals surface area contributed by atoms with Crippen molar-refractivity contribution in [2.75, 3.05) is 0 Å². The van der Waals surface area contributed by atoms with E-state index in [-0.39, 0.29) is 0 Å². The van der Waals surface area contributed by atoms with E-state index in [0.717, 1.165) is 5.75 Å². The largest absolute Gasteiger partial charge is 0.487 e. The fraction of sp³-hybridized carbons (Fsp3) is 0.200. The summed E-state index contributed by atoms with van der Waals surface area (Å²) in [6.07, 6.45) is 0. The lowest BCUT2D eigenvalue weighted by atomic mass is 10.1. The first kappa shape index (κ1) is 12.0. The maximum absolute atomic E-state index is 6.03. The highest BCUT2D eigenvalue weighted by Crippen LogP contribution is 2.24. The average molecular weight is 247 g/mol. The summed E-state index contributed by atoms with van der Waals surface area (Å²) in [7, 11) is 0. The van der Waals surface area contributed by atoms with Crippen molar-refractivity contribution in [3.63, 3.8) is 0 Å². The molecule has 0 saturated carbocycles. The Balaban J connectivity index is 2.10. The molecular weight excluding hydrogens is 232 g/mol. The van der Waals surface area contributed by atoms with Crippen LogP contribution < -0.4 is 4.74 Å². The van der Waals surface area contributed by atoms with Crippen molar-refractivity contribution in [2.24, 2.45) is 0 Å². The molecule has 17 heavy (non-hydrogen) atoms. The minimum Gasteiger partial charge on any atom is -0.487 e. The number of aryl methyl sites for hydroxylation is 2. The second-order valence-electron chi connectivity index (χ2n) is 4.22. The second kappa shape index (κ2) is 5.24. The van der Waals surface area contributed by atoms with Gasteiger partial charge < -0.3 is 4.74 Å². The zero-order chi connectivity index (χ0) is 12.3. The summed E-state index contributed by atoms with van der Waals surface area (Å²) in [4.78, 5) is 0. The Bertz CT molecular complexity index is 500. The molecule has 2 rings (SSSR count). The highest BCUT2D eigenvalue weighted by atomic mass is 35.5. The molecule has 2 aromatic rings. The SMILES string of the molecule is Cc1cc(C)cc(COc2ccccc2Cl)c1. The molecule has 0 aromatic heterocycles. The van der Waals surface area contributed by atoms with E-state index in [2.05, 4.69) is 32.0 Å². The molecule has 0 amide bonds.